The average Bonchev–Trinajstić information content (AvgIpc) is 2.34. The van der Waals surface area contributed by atoms with Crippen LogP contribution in [0.2, 0.25) is 0 Å². The van der Waals surface area contributed by atoms with Gasteiger partial charge in [-0.15, -0.1) is 0 Å². The number of hydrogen-bond donors (Lipinski definition) is 1. The first-order valence-electron chi connectivity index (χ1n) is 5.11. The molecule has 0 aromatic heterocycles. The third-order valence-electron chi connectivity index (χ3n) is 1.96. The highest BCUT2D eigenvalue weighted by atomic mass is 16.5. The van der Waals surface area contributed by atoms with E-state index in [0.717, 1.165) is 11.6 Å². The summed E-state index contributed by atoms with van der Waals surface area (Å²) in [5, 5.41) is 8.54. The Kier molecular flexibility index (Phi) is 5.31. The topological polar surface area (TPSA) is 46.5 Å². The van der Waals surface area contributed by atoms with E-state index in [1.807, 2.05) is 42.5 Å². The zero-order valence-electron chi connectivity index (χ0n) is 9.54. The van der Waals surface area contributed by atoms with Crippen LogP contribution >= 0.6 is 0 Å². The van der Waals surface area contributed by atoms with Crippen LogP contribution in [-0.2, 0) is 9.53 Å². The fourth-order valence-electron chi connectivity index (χ4n) is 1.18. The fourth-order valence-corrected chi connectivity index (χ4v) is 1.18. The average molecular weight is 230 g/mol. The van der Waals surface area contributed by atoms with Gasteiger partial charge in [-0.1, -0.05) is 48.6 Å². The molecule has 1 aromatic rings. The van der Waals surface area contributed by atoms with Gasteiger partial charge in [0, 0.05) is 0 Å². The van der Waals surface area contributed by atoms with Crippen LogP contribution in [0.1, 0.15) is 5.56 Å². The van der Waals surface area contributed by atoms with Gasteiger partial charge in [0.05, 0.1) is 13.2 Å². The Morgan fingerprint density at radius 2 is 1.94 bits per heavy atom. The highest BCUT2D eigenvalue weighted by molar-refractivity contribution is 5.80. The van der Waals surface area contributed by atoms with Crippen molar-refractivity contribution >= 4 is 12.0 Å². The van der Waals surface area contributed by atoms with Crippen LogP contribution in [-0.4, -0.2) is 18.2 Å². The van der Waals surface area contributed by atoms with Crippen molar-refractivity contribution < 1.29 is 14.6 Å². The third-order valence-corrected chi connectivity index (χ3v) is 1.96. The molecule has 0 aliphatic carbocycles. The van der Waals surface area contributed by atoms with Crippen LogP contribution in [0.4, 0.5) is 0 Å². The zero-order chi connectivity index (χ0) is 12.5. The second-order valence-corrected chi connectivity index (χ2v) is 3.22. The summed E-state index contributed by atoms with van der Waals surface area (Å²) >= 11 is 0. The van der Waals surface area contributed by atoms with Gasteiger partial charge in [-0.05, 0) is 11.6 Å². The third kappa shape index (κ3) is 5.37. The van der Waals surface area contributed by atoms with Crippen molar-refractivity contribution in [3.63, 3.8) is 0 Å². The van der Waals surface area contributed by atoms with Crippen molar-refractivity contribution in [1.29, 1.82) is 0 Å². The van der Waals surface area contributed by atoms with Crippen molar-refractivity contribution in [2.24, 2.45) is 0 Å². The molecule has 0 aliphatic heterocycles. The maximum absolute atomic E-state index is 10.4. The highest BCUT2D eigenvalue weighted by Crippen LogP contribution is 2.02. The first kappa shape index (κ1) is 12.8. The maximum atomic E-state index is 10.4. The van der Waals surface area contributed by atoms with Crippen molar-refractivity contribution in [2.75, 3.05) is 7.11 Å². The summed E-state index contributed by atoms with van der Waals surface area (Å²) in [5.41, 5.74) is 1.08. The van der Waals surface area contributed by atoms with Gasteiger partial charge in [0.15, 0.2) is 0 Å². The van der Waals surface area contributed by atoms with E-state index >= 15 is 0 Å². The molecule has 1 rings (SSSR count). The predicted octanol–water partition coefficient (Wildman–Crippen LogP) is 2.87. The summed E-state index contributed by atoms with van der Waals surface area (Å²) in [6, 6.07) is 9.82. The molecular weight excluding hydrogens is 216 g/mol. The quantitative estimate of drug-likeness (QED) is 0.480. The Hall–Kier alpha value is -2.29. The van der Waals surface area contributed by atoms with E-state index < -0.39 is 5.97 Å². The highest BCUT2D eigenvalue weighted by Gasteiger charge is 1.93. The number of aliphatic carboxylic acids is 1. The first-order valence-corrected chi connectivity index (χ1v) is 5.11. The van der Waals surface area contributed by atoms with Crippen molar-refractivity contribution in [2.45, 2.75) is 0 Å². The second kappa shape index (κ2) is 7.06. The molecule has 0 fully saturated rings. The Morgan fingerprint density at radius 1 is 1.24 bits per heavy atom. The molecule has 0 bridgehead atoms. The van der Waals surface area contributed by atoms with Crippen LogP contribution in [0.5, 0.6) is 0 Å². The SMILES string of the molecule is COC(C=CC=Cc1ccccc1)=CC(=O)O. The molecule has 1 aromatic carbocycles. The van der Waals surface area contributed by atoms with Crippen molar-refractivity contribution in [3.05, 3.63) is 66.0 Å². The summed E-state index contributed by atoms with van der Waals surface area (Å²) in [7, 11) is 1.43. The van der Waals surface area contributed by atoms with E-state index in [9.17, 15) is 4.79 Å². The molecule has 0 atom stereocenters. The minimum Gasteiger partial charge on any atom is -0.496 e. The molecule has 0 amide bonds. The molecule has 0 saturated carbocycles. The Morgan fingerprint density at radius 3 is 2.53 bits per heavy atom. The van der Waals surface area contributed by atoms with Gasteiger partial charge in [0.1, 0.15) is 5.76 Å². The van der Waals surface area contributed by atoms with Crippen LogP contribution in [0.25, 0.3) is 6.08 Å². The van der Waals surface area contributed by atoms with Crippen molar-refractivity contribution in [3.8, 4) is 0 Å². The molecule has 3 heteroatoms. The normalized spacial score (nSPS) is 12.2. The summed E-state index contributed by atoms with van der Waals surface area (Å²) in [6.45, 7) is 0. The second-order valence-electron chi connectivity index (χ2n) is 3.22. The van der Waals surface area contributed by atoms with Gasteiger partial charge in [-0.3, -0.25) is 0 Å². The van der Waals surface area contributed by atoms with Crippen LogP contribution in [0.15, 0.2) is 60.4 Å². The lowest BCUT2D eigenvalue weighted by Crippen LogP contribution is -1.91. The number of allylic oxidation sites excluding steroid dienone is 3. The lowest BCUT2D eigenvalue weighted by Gasteiger charge is -1.96. The molecule has 88 valence electrons. The zero-order valence-corrected chi connectivity index (χ0v) is 9.54. The molecule has 0 saturated heterocycles. The molecule has 1 N–H and O–H groups in total. The Bertz CT molecular complexity index is 442. The Balaban J connectivity index is 2.61. The number of carboxylic acid groups (broad SMARTS) is 1. The predicted molar refractivity (Wildman–Crippen MR) is 67.3 cm³/mol. The number of benzene rings is 1. The fraction of sp³-hybridized carbons (Fsp3) is 0.0714. The minimum atomic E-state index is -1.03. The first-order chi connectivity index (χ1) is 8.22. The Labute approximate surface area is 100 Å². The molecule has 0 heterocycles. The standard InChI is InChI=1S/C14H14O3/c1-17-13(11-14(15)16)10-6-5-9-12-7-3-2-4-8-12/h2-11H,1H3,(H,15,16). The number of ether oxygens (including phenoxy) is 1. The summed E-state index contributed by atoms with van der Waals surface area (Å²) < 4.78 is 4.87. The number of carboxylic acids is 1. The lowest BCUT2D eigenvalue weighted by atomic mass is 10.2. The van der Waals surface area contributed by atoms with Gasteiger partial charge in [-0.2, -0.15) is 0 Å². The summed E-state index contributed by atoms with van der Waals surface area (Å²) in [4.78, 5) is 10.4. The number of methoxy groups -OCH3 is 1. The monoisotopic (exact) mass is 230 g/mol. The molecular formula is C14H14O3. The van der Waals surface area contributed by atoms with Gasteiger partial charge in [0.2, 0.25) is 0 Å². The van der Waals surface area contributed by atoms with Crippen LogP contribution < -0.4 is 0 Å². The lowest BCUT2D eigenvalue weighted by molar-refractivity contribution is -0.131. The number of hydrogen-bond acceptors (Lipinski definition) is 2. The van der Waals surface area contributed by atoms with Gasteiger partial charge >= 0.3 is 5.97 Å². The van der Waals surface area contributed by atoms with Gasteiger partial charge in [0.25, 0.3) is 0 Å². The van der Waals surface area contributed by atoms with E-state index in [1.165, 1.54) is 7.11 Å². The van der Waals surface area contributed by atoms with Crippen LogP contribution in [0.3, 0.4) is 0 Å². The summed E-state index contributed by atoms with van der Waals surface area (Å²) in [5.74, 6) is -0.728. The number of rotatable bonds is 5. The maximum Gasteiger partial charge on any atom is 0.332 e. The molecule has 3 nitrogen and oxygen atoms in total. The van der Waals surface area contributed by atoms with Gasteiger partial charge < -0.3 is 9.84 Å². The molecule has 17 heavy (non-hydrogen) atoms. The molecule has 0 unspecified atom stereocenters. The van der Waals surface area contributed by atoms with Crippen molar-refractivity contribution in [1.82, 2.24) is 0 Å². The van der Waals surface area contributed by atoms with Gasteiger partial charge in [-0.25, -0.2) is 4.79 Å². The largest absolute Gasteiger partial charge is 0.496 e. The smallest absolute Gasteiger partial charge is 0.332 e. The van der Waals surface area contributed by atoms with E-state index in [4.69, 9.17) is 9.84 Å². The van der Waals surface area contributed by atoms with Crippen LogP contribution in [0, 0.1) is 0 Å². The molecule has 0 radical (unpaired) electrons. The van der Waals surface area contributed by atoms with E-state index in [1.54, 1.807) is 12.2 Å². The summed E-state index contributed by atoms with van der Waals surface area (Å²) in [6.07, 6.45) is 8.07. The van der Waals surface area contributed by atoms with E-state index in [-0.39, 0.29) is 0 Å². The minimum absolute atomic E-state index is 0.301. The van der Waals surface area contributed by atoms with E-state index in [0.29, 0.717) is 5.76 Å². The number of carbonyl (C=O) groups is 1. The van der Waals surface area contributed by atoms with E-state index in [2.05, 4.69) is 0 Å². The molecule has 0 spiro atoms. The molecule has 0 aliphatic rings.